The number of carbonyl (C=O) groups excluding carboxylic acids is 2. The summed E-state index contributed by atoms with van der Waals surface area (Å²) >= 11 is 5.90. The standard InChI is InChI=1S/C18H20ClN3O3/c1-11(13-6-8-15(9-7-13)22-18(20)24)21-17(23)12(2)25-16-5-3-4-14(19)10-16/h3-12H,1-2H3,(H,21,23)(H3,20,22,24)/t11-,12+/m1/s1. The predicted molar refractivity (Wildman–Crippen MR) is 97.7 cm³/mol. The minimum absolute atomic E-state index is 0.222. The second-order valence-corrected chi connectivity index (χ2v) is 6.00. The summed E-state index contributed by atoms with van der Waals surface area (Å²) < 4.78 is 5.60. The van der Waals surface area contributed by atoms with Crippen molar-refractivity contribution < 1.29 is 14.3 Å². The summed E-state index contributed by atoms with van der Waals surface area (Å²) in [6, 6.07) is 13.1. The van der Waals surface area contributed by atoms with Gasteiger partial charge in [0.1, 0.15) is 5.75 Å². The van der Waals surface area contributed by atoms with Crippen LogP contribution in [0.5, 0.6) is 5.75 Å². The van der Waals surface area contributed by atoms with E-state index in [1.165, 1.54) is 0 Å². The maximum absolute atomic E-state index is 12.3. The molecule has 2 atom stereocenters. The number of urea groups is 1. The first-order chi connectivity index (χ1) is 11.8. The van der Waals surface area contributed by atoms with E-state index in [9.17, 15) is 9.59 Å². The third kappa shape index (κ3) is 5.69. The van der Waals surface area contributed by atoms with Gasteiger partial charge in [-0.25, -0.2) is 4.79 Å². The number of carbonyl (C=O) groups is 2. The van der Waals surface area contributed by atoms with Gasteiger partial charge in [0, 0.05) is 10.7 Å². The van der Waals surface area contributed by atoms with E-state index in [2.05, 4.69) is 10.6 Å². The molecule has 7 heteroatoms. The molecule has 0 radical (unpaired) electrons. The Bertz CT molecular complexity index is 749. The number of halogens is 1. The van der Waals surface area contributed by atoms with Crippen LogP contribution in [-0.2, 0) is 4.79 Å². The summed E-state index contributed by atoms with van der Waals surface area (Å²) in [5.41, 5.74) is 6.54. The first-order valence-electron chi connectivity index (χ1n) is 7.74. The van der Waals surface area contributed by atoms with Gasteiger partial charge in [-0.3, -0.25) is 4.79 Å². The average Bonchev–Trinajstić information content (AvgIpc) is 2.54. The molecule has 4 N–H and O–H groups in total. The van der Waals surface area contributed by atoms with Crippen molar-refractivity contribution >= 4 is 29.2 Å². The molecule has 0 fully saturated rings. The second kappa shape index (κ2) is 8.39. The molecular weight excluding hydrogens is 342 g/mol. The fourth-order valence-corrected chi connectivity index (χ4v) is 2.39. The molecule has 0 aliphatic heterocycles. The maximum Gasteiger partial charge on any atom is 0.316 e. The number of primary amides is 1. The lowest BCUT2D eigenvalue weighted by molar-refractivity contribution is -0.127. The summed E-state index contributed by atoms with van der Waals surface area (Å²) in [6.45, 7) is 3.53. The van der Waals surface area contributed by atoms with Gasteiger partial charge in [-0.1, -0.05) is 29.8 Å². The fraction of sp³-hybridized carbons (Fsp3) is 0.222. The Morgan fingerprint density at radius 3 is 2.40 bits per heavy atom. The first kappa shape index (κ1) is 18.6. The van der Waals surface area contributed by atoms with Gasteiger partial charge >= 0.3 is 6.03 Å². The lowest BCUT2D eigenvalue weighted by Gasteiger charge is -2.19. The van der Waals surface area contributed by atoms with Crippen LogP contribution in [-0.4, -0.2) is 18.0 Å². The van der Waals surface area contributed by atoms with E-state index >= 15 is 0 Å². The fourth-order valence-electron chi connectivity index (χ4n) is 2.21. The van der Waals surface area contributed by atoms with E-state index in [0.717, 1.165) is 5.56 Å². The number of hydrogen-bond acceptors (Lipinski definition) is 3. The van der Waals surface area contributed by atoms with Crippen LogP contribution in [0.1, 0.15) is 25.5 Å². The molecule has 6 nitrogen and oxygen atoms in total. The quantitative estimate of drug-likeness (QED) is 0.735. The van der Waals surface area contributed by atoms with Crippen molar-refractivity contribution in [1.82, 2.24) is 5.32 Å². The highest BCUT2D eigenvalue weighted by atomic mass is 35.5. The average molecular weight is 362 g/mol. The number of benzene rings is 2. The van der Waals surface area contributed by atoms with Gasteiger partial charge in [0.15, 0.2) is 6.10 Å². The van der Waals surface area contributed by atoms with Gasteiger partial charge in [-0.2, -0.15) is 0 Å². The summed E-state index contributed by atoms with van der Waals surface area (Å²) in [7, 11) is 0. The SMILES string of the molecule is C[C@H](Oc1cccc(Cl)c1)C(=O)N[C@H](C)c1ccc(NC(N)=O)cc1. The van der Waals surface area contributed by atoms with Crippen LogP contribution < -0.4 is 21.1 Å². The maximum atomic E-state index is 12.3. The van der Waals surface area contributed by atoms with Crippen molar-refractivity contribution in [1.29, 1.82) is 0 Å². The molecule has 2 aromatic carbocycles. The van der Waals surface area contributed by atoms with Crippen molar-refractivity contribution in [3.8, 4) is 5.75 Å². The van der Waals surface area contributed by atoms with Crippen LogP contribution in [0, 0.1) is 0 Å². The zero-order valence-corrected chi connectivity index (χ0v) is 14.7. The van der Waals surface area contributed by atoms with E-state index in [0.29, 0.717) is 16.5 Å². The molecular formula is C18H20ClN3O3. The van der Waals surface area contributed by atoms with Crippen molar-refractivity contribution in [2.24, 2.45) is 5.73 Å². The molecule has 3 amide bonds. The lowest BCUT2D eigenvalue weighted by Crippen LogP contribution is -2.37. The molecule has 0 aromatic heterocycles. The minimum Gasteiger partial charge on any atom is -0.481 e. The highest BCUT2D eigenvalue weighted by Crippen LogP contribution is 2.19. The topological polar surface area (TPSA) is 93.4 Å². The molecule has 2 rings (SSSR count). The van der Waals surface area contributed by atoms with Crippen molar-refractivity contribution in [3.63, 3.8) is 0 Å². The Kier molecular flexibility index (Phi) is 6.25. The smallest absolute Gasteiger partial charge is 0.316 e. The molecule has 0 bridgehead atoms. The molecule has 2 aromatic rings. The van der Waals surface area contributed by atoms with Crippen LogP contribution in [0.3, 0.4) is 0 Å². The Morgan fingerprint density at radius 2 is 1.80 bits per heavy atom. The van der Waals surface area contributed by atoms with Crippen molar-refractivity contribution in [3.05, 3.63) is 59.1 Å². The normalized spacial score (nSPS) is 12.8. The molecule has 132 valence electrons. The van der Waals surface area contributed by atoms with Gasteiger partial charge in [0.25, 0.3) is 5.91 Å². The number of nitrogens with two attached hydrogens (primary N) is 1. The van der Waals surface area contributed by atoms with Gasteiger partial charge in [0.05, 0.1) is 6.04 Å². The van der Waals surface area contributed by atoms with E-state index in [4.69, 9.17) is 22.1 Å². The highest BCUT2D eigenvalue weighted by molar-refractivity contribution is 6.30. The lowest BCUT2D eigenvalue weighted by atomic mass is 10.1. The van der Waals surface area contributed by atoms with Crippen LogP contribution in [0.25, 0.3) is 0 Å². The van der Waals surface area contributed by atoms with Gasteiger partial charge in [0.2, 0.25) is 0 Å². The Hall–Kier alpha value is -2.73. The van der Waals surface area contributed by atoms with Crippen LogP contribution in [0.4, 0.5) is 10.5 Å². The minimum atomic E-state index is -0.670. The number of anilines is 1. The van der Waals surface area contributed by atoms with Crippen molar-refractivity contribution in [2.45, 2.75) is 26.0 Å². The highest BCUT2D eigenvalue weighted by Gasteiger charge is 2.18. The van der Waals surface area contributed by atoms with Gasteiger partial charge in [-0.05, 0) is 49.7 Å². The van der Waals surface area contributed by atoms with E-state index in [1.807, 2.05) is 6.92 Å². The number of ether oxygens (including phenoxy) is 1. The number of amides is 3. The molecule has 0 aliphatic carbocycles. The molecule has 0 spiro atoms. The summed E-state index contributed by atoms with van der Waals surface area (Å²) in [6.07, 6.45) is -0.670. The molecule has 0 saturated heterocycles. The molecule has 0 saturated carbocycles. The summed E-state index contributed by atoms with van der Waals surface area (Å²) in [5, 5.41) is 5.91. The second-order valence-electron chi connectivity index (χ2n) is 5.56. The van der Waals surface area contributed by atoms with Gasteiger partial charge < -0.3 is 21.1 Å². The third-order valence-electron chi connectivity index (χ3n) is 3.52. The third-order valence-corrected chi connectivity index (χ3v) is 3.75. The van der Waals surface area contributed by atoms with E-state index in [1.54, 1.807) is 55.5 Å². The predicted octanol–water partition coefficient (Wildman–Crippen LogP) is 3.48. The molecule has 0 heterocycles. The van der Waals surface area contributed by atoms with Crippen LogP contribution in [0.15, 0.2) is 48.5 Å². The summed E-state index contributed by atoms with van der Waals surface area (Å²) in [5.74, 6) is 0.288. The zero-order valence-electron chi connectivity index (χ0n) is 14.0. The Morgan fingerprint density at radius 1 is 1.12 bits per heavy atom. The van der Waals surface area contributed by atoms with Crippen LogP contribution in [0.2, 0.25) is 5.02 Å². The number of nitrogens with one attached hydrogen (secondary N) is 2. The summed E-state index contributed by atoms with van der Waals surface area (Å²) in [4.78, 5) is 23.1. The van der Waals surface area contributed by atoms with Crippen molar-refractivity contribution in [2.75, 3.05) is 5.32 Å². The molecule has 0 aliphatic rings. The Labute approximate surface area is 151 Å². The first-order valence-corrected chi connectivity index (χ1v) is 8.12. The largest absolute Gasteiger partial charge is 0.481 e. The van der Waals surface area contributed by atoms with Crippen LogP contribution >= 0.6 is 11.6 Å². The Balaban J connectivity index is 1.93. The zero-order chi connectivity index (χ0) is 18.4. The molecule has 0 unspecified atom stereocenters. The monoisotopic (exact) mass is 361 g/mol. The van der Waals surface area contributed by atoms with E-state index in [-0.39, 0.29) is 11.9 Å². The van der Waals surface area contributed by atoms with Gasteiger partial charge in [-0.15, -0.1) is 0 Å². The number of rotatable bonds is 6. The molecule has 25 heavy (non-hydrogen) atoms. The van der Waals surface area contributed by atoms with E-state index < -0.39 is 12.1 Å². The number of hydrogen-bond donors (Lipinski definition) is 3.